The van der Waals surface area contributed by atoms with Gasteiger partial charge in [0.05, 0.1) is 12.1 Å². The summed E-state index contributed by atoms with van der Waals surface area (Å²) in [7, 11) is 0. The van der Waals surface area contributed by atoms with Crippen LogP contribution < -0.4 is 10.5 Å². The zero-order valence-corrected chi connectivity index (χ0v) is 11.6. The van der Waals surface area contributed by atoms with Gasteiger partial charge in [0.15, 0.2) is 0 Å². The number of fused-ring (bicyclic) bond motifs is 1. The highest BCUT2D eigenvalue weighted by Crippen LogP contribution is 2.28. The van der Waals surface area contributed by atoms with Crippen LogP contribution >= 0.6 is 0 Å². The summed E-state index contributed by atoms with van der Waals surface area (Å²) in [4.78, 5) is 4.41. The zero-order valence-electron chi connectivity index (χ0n) is 11.6. The van der Waals surface area contributed by atoms with E-state index in [2.05, 4.69) is 11.9 Å². The zero-order chi connectivity index (χ0) is 13.5. The highest BCUT2D eigenvalue weighted by atomic mass is 16.5. The first-order chi connectivity index (χ1) is 9.36. The van der Waals surface area contributed by atoms with Crippen molar-refractivity contribution in [1.82, 2.24) is 4.98 Å². The Hall–Kier alpha value is -1.61. The minimum Gasteiger partial charge on any atom is -0.492 e. The van der Waals surface area contributed by atoms with E-state index in [1.807, 2.05) is 30.5 Å². The minimum atomic E-state index is 0.460. The summed E-state index contributed by atoms with van der Waals surface area (Å²) < 4.78 is 5.97. The van der Waals surface area contributed by atoms with E-state index in [0.29, 0.717) is 6.54 Å². The van der Waals surface area contributed by atoms with Crippen molar-refractivity contribution < 1.29 is 4.74 Å². The Morgan fingerprint density at radius 1 is 1.16 bits per heavy atom. The molecule has 0 saturated carbocycles. The molecule has 0 amide bonds. The van der Waals surface area contributed by atoms with Crippen molar-refractivity contribution >= 4 is 10.9 Å². The van der Waals surface area contributed by atoms with Crippen LogP contribution in [0.4, 0.5) is 0 Å². The van der Waals surface area contributed by atoms with Gasteiger partial charge in [0.2, 0.25) is 0 Å². The molecule has 0 fully saturated rings. The summed E-state index contributed by atoms with van der Waals surface area (Å²) in [5.41, 5.74) is 7.72. The second-order valence-corrected chi connectivity index (χ2v) is 4.74. The molecule has 0 radical (unpaired) electrons. The van der Waals surface area contributed by atoms with Crippen LogP contribution in [0.25, 0.3) is 10.9 Å². The number of rotatable bonds is 7. The van der Waals surface area contributed by atoms with E-state index >= 15 is 0 Å². The fraction of sp³-hybridized carbons (Fsp3) is 0.438. The summed E-state index contributed by atoms with van der Waals surface area (Å²) in [5, 5.41) is 1.06. The van der Waals surface area contributed by atoms with Gasteiger partial charge in [-0.1, -0.05) is 38.3 Å². The molecule has 1 aromatic carbocycles. The maximum Gasteiger partial charge on any atom is 0.134 e. The molecule has 0 spiro atoms. The Balaban J connectivity index is 2.14. The Kier molecular flexibility index (Phi) is 5.16. The van der Waals surface area contributed by atoms with Gasteiger partial charge in [0.1, 0.15) is 5.75 Å². The van der Waals surface area contributed by atoms with Crippen LogP contribution in [0.5, 0.6) is 5.75 Å². The Morgan fingerprint density at radius 3 is 2.79 bits per heavy atom. The van der Waals surface area contributed by atoms with Crippen molar-refractivity contribution in [3.05, 3.63) is 36.0 Å². The molecule has 102 valence electrons. The smallest absolute Gasteiger partial charge is 0.134 e. The van der Waals surface area contributed by atoms with Crippen LogP contribution in [0, 0.1) is 0 Å². The summed E-state index contributed by atoms with van der Waals surface area (Å²) in [6, 6.07) is 8.04. The monoisotopic (exact) mass is 258 g/mol. The third kappa shape index (κ3) is 3.44. The fourth-order valence-electron chi connectivity index (χ4n) is 2.18. The van der Waals surface area contributed by atoms with Crippen LogP contribution in [0.2, 0.25) is 0 Å². The normalized spacial score (nSPS) is 10.8. The molecule has 0 atom stereocenters. The van der Waals surface area contributed by atoms with E-state index in [1.165, 1.54) is 19.3 Å². The van der Waals surface area contributed by atoms with Gasteiger partial charge >= 0.3 is 0 Å². The second kappa shape index (κ2) is 7.10. The number of nitrogens with two attached hydrogens (primary N) is 1. The summed E-state index contributed by atoms with van der Waals surface area (Å²) in [6.07, 6.45) is 6.64. The molecular weight excluding hydrogens is 236 g/mol. The van der Waals surface area contributed by atoms with Crippen molar-refractivity contribution in [2.45, 2.75) is 39.2 Å². The molecule has 0 unspecified atom stereocenters. The number of benzene rings is 1. The second-order valence-electron chi connectivity index (χ2n) is 4.74. The first-order valence-corrected chi connectivity index (χ1v) is 7.06. The average Bonchev–Trinajstić information content (AvgIpc) is 2.47. The van der Waals surface area contributed by atoms with Crippen LogP contribution in [-0.4, -0.2) is 11.6 Å². The Bertz CT molecular complexity index is 525. The van der Waals surface area contributed by atoms with Crippen molar-refractivity contribution in [1.29, 1.82) is 0 Å². The van der Waals surface area contributed by atoms with Gasteiger partial charge in [0, 0.05) is 23.7 Å². The van der Waals surface area contributed by atoms with Gasteiger partial charge in [-0.05, 0) is 18.6 Å². The van der Waals surface area contributed by atoms with Gasteiger partial charge in [-0.25, -0.2) is 0 Å². The third-order valence-corrected chi connectivity index (χ3v) is 3.26. The number of para-hydroxylation sites is 1. The molecule has 0 aliphatic heterocycles. The largest absolute Gasteiger partial charge is 0.492 e. The van der Waals surface area contributed by atoms with E-state index in [1.54, 1.807) is 0 Å². The fourth-order valence-corrected chi connectivity index (χ4v) is 2.18. The standard InChI is InChI=1S/C16H22N2O/c1-2-3-4-7-10-19-16-13(11-17)12-18-15-9-6-5-8-14(15)16/h5-6,8-9,12H,2-4,7,10-11,17H2,1H3. The third-order valence-electron chi connectivity index (χ3n) is 3.26. The lowest BCUT2D eigenvalue weighted by molar-refractivity contribution is 0.305. The predicted octanol–water partition coefficient (Wildman–Crippen LogP) is 3.65. The molecule has 0 bridgehead atoms. The van der Waals surface area contributed by atoms with E-state index in [9.17, 15) is 0 Å². The molecule has 0 saturated heterocycles. The van der Waals surface area contributed by atoms with Gasteiger partial charge in [0.25, 0.3) is 0 Å². The lowest BCUT2D eigenvalue weighted by atomic mass is 10.1. The highest BCUT2D eigenvalue weighted by molar-refractivity contribution is 5.86. The maximum absolute atomic E-state index is 5.97. The lowest BCUT2D eigenvalue weighted by Gasteiger charge is -2.12. The van der Waals surface area contributed by atoms with E-state index < -0.39 is 0 Å². The first-order valence-electron chi connectivity index (χ1n) is 7.06. The lowest BCUT2D eigenvalue weighted by Crippen LogP contribution is -2.05. The van der Waals surface area contributed by atoms with Gasteiger partial charge < -0.3 is 10.5 Å². The summed E-state index contributed by atoms with van der Waals surface area (Å²) in [6.45, 7) is 3.42. The first kappa shape index (κ1) is 13.8. The molecule has 0 aliphatic rings. The highest BCUT2D eigenvalue weighted by Gasteiger charge is 2.08. The Labute approximate surface area is 114 Å². The van der Waals surface area contributed by atoms with Crippen molar-refractivity contribution in [2.75, 3.05) is 6.61 Å². The molecule has 1 heterocycles. The van der Waals surface area contributed by atoms with Crippen LogP contribution in [0.3, 0.4) is 0 Å². The SMILES string of the molecule is CCCCCCOc1c(CN)cnc2ccccc12. The average molecular weight is 258 g/mol. The molecule has 3 nitrogen and oxygen atoms in total. The number of unbranched alkanes of at least 4 members (excludes halogenated alkanes) is 3. The van der Waals surface area contributed by atoms with Gasteiger partial charge in [-0.15, -0.1) is 0 Å². The number of hydrogen-bond donors (Lipinski definition) is 1. The number of nitrogens with zero attached hydrogens (tertiary/aromatic N) is 1. The molecular formula is C16H22N2O. The minimum absolute atomic E-state index is 0.460. The number of aromatic nitrogens is 1. The number of pyridine rings is 1. The van der Waals surface area contributed by atoms with Gasteiger partial charge in [-0.3, -0.25) is 4.98 Å². The topological polar surface area (TPSA) is 48.1 Å². The predicted molar refractivity (Wildman–Crippen MR) is 79.3 cm³/mol. The quantitative estimate of drug-likeness (QED) is 0.771. The van der Waals surface area contributed by atoms with Crippen molar-refractivity contribution in [3.8, 4) is 5.75 Å². The van der Waals surface area contributed by atoms with E-state index in [4.69, 9.17) is 10.5 Å². The molecule has 19 heavy (non-hydrogen) atoms. The van der Waals surface area contributed by atoms with E-state index in [-0.39, 0.29) is 0 Å². The Morgan fingerprint density at radius 2 is 2.00 bits per heavy atom. The molecule has 1 aromatic heterocycles. The molecule has 2 rings (SSSR count). The summed E-state index contributed by atoms with van der Waals surface area (Å²) in [5.74, 6) is 0.907. The number of ether oxygens (including phenoxy) is 1. The van der Waals surface area contributed by atoms with Gasteiger partial charge in [-0.2, -0.15) is 0 Å². The van der Waals surface area contributed by atoms with E-state index in [0.717, 1.165) is 35.2 Å². The number of hydrogen-bond acceptors (Lipinski definition) is 3. The molecule has 0 aliphatic carbocycles. The maximum atomic E-state index is 5.97. The van der Waals surface area contributed by atoms with Crippen LogP contribution in [0.15, 0.2) is 30.5 Å². The molecule has 2 N–H and O–H groups in total. The molecule has 3 heteroatoms. The van der Waals surface area contributed by atoms with Crippen LogP contribution in [0.1, 0.15) is 38.2 Å². The molecule has 2 aromatic rings. The van der Waals surface area contributed by atoms with Crippen LogP contribution in [-0.2, 0) is 6.54 Å². The summed E-state index contributed by atoms with van der Waals surface area (Å²) >= 11 is 0. The van der Waals surface area contributed by atoms with Crippen molar-refractivity contribution in [3.63, 3.8) is 0 Å². The van der Waals surface area contributed by atoms with Crippen molar-refractivity contribution in [2.24, 2.45) is 5.73 Å².